The largest absolute Gasteiger partial charge is 0.383 e. The van der Waals surface area contributed by atoms with Gasteiger partial charge in [-0.2, -0.15) is 0 Å². The molecule has 0 aliphatic carbocycles. The lowest BCUT2D eigenvalue weighted by atomic mass is 10.2. The molecule has 1 rings (SSSR count). The Labute approximate surface area is 78.7 Å². The zero-order valence-corrected chi connectivity index (χ0v) is 7.50. The van der Waals surface area contributed by atoms with Crippen LogP contribution in [-0.4, -0.2) is 6.54 Å². The van der Waals surface area contributed by atoms with Gasteiger partial charge < -0.3 is 5.32 Å². The molecule has 0 fully saturated rings. The Hall–Kier alpha value is -1.26. The summed E-state index contributed by atoms with van der Waals surface area (Å²) in [5.41, 5.74) is -0.358. The van der Waals surface area contributed by atoms with Gasteiger partial charge in [0.05, 0.1) is 5.69 Å². The Bertz CT molecular complexity index is 338. The van der Waals surface area contributed by atoms with Crippen LogP contribution < -0.4 is 5.32 Å². The summed E-state index contributed by atoms with van der Waals surface area (Å²) in [5, 5.41) is 2.45. The van der Waals surface area contributed by atoms with E-state index in [0.29, 0.717) is 19.0 Å². The molecule has 0 saturated carbocycles. The maximum absolute atomic E-state index is 12.9. The minimum atomic E-state index is -1.79. The molecule has 1 N–H and O–H groups in total. The number of benzene rings is 1. The number of hydrogen-bond donors (Lipinski definition) is 1. The van der Waals surface area contributed by atoms with Crippen LogP contribution in [0.15, 0.2) is 6.07 Å². The molecule has 1 aromatic rings. The first-order chi connectivity index (χ1) is 6.57. The van der Waals surface area contributed by atoms with Gasteiger partial charge in [-0.3, -0.25) is 0 Å². The van der Waals surface area contributed by atoms with Crippen LogP contribution in [0, 0.1) is 23.3 Å². The van der Waals surface area contributed by atoms with Gasteiger partial charge in [-0.1, -0.05) is 6.92 Å². The van der Waals surface area contributed by atoms with Crippen LogP contribution in [0.2, 0.25) is 0 Å². The van der Waals surface area contributed by atoms with Crippen LogP contribution in [0.5, 0.6) is 0 Å². The third-order valence-corrected chi connectivity index (χ3v) is 1.67. The maximum Gasteiger partial charge on any atom is 0.199 e. The second kappa shape index (κ2) is 4.30. The van der Waals surface area contributed by atoms with Crippen molar-refractivity contribution in [1.82, 2.24) is 0 Å². The smallest absolute Gasteiger partial charge is 0.199 e. The zero-order valence-electron chi connectivity index (χ0n) is 7.50. The van der Waals surface area contributed by atoms with Crippen molar-refractivity contribution in [1.29, 1.82) is 0 Å². The highest BCUT2D eigenvalue weighted by Gasteiger charge is 2.18. The van der Waals surface area contributed by atoms with E-state index in [2.05, 4.69) is 5.32 Å². The summed E-state index contributed by atoms with van der Waals surface area (Å²) in [6.07, 6.45) is 0.667. The summed E-state index contributed by atoms with van der Waals surface area (Å²) in [4.78, 5) is 0. The van der Waals surface area contributed by atoms with E-state index in [4.69, 9.17) is 0 Å². The SMILES string of the molecule is CCCNc1cc(F)c(F)c(F)c1F. The molecule has 0 bridgehead atoms. The van der Waals surface area contributed by atoms with Gasteiger partial charge in [0.25, 0.3) is 0 Å². The highest BCUT2D eigenvalue weighted by atomic mass is 19.2. The van der Waals surface area contributed by atoms with E-state index >= 15 is 0 Å². The molecule has 0 spiro atoms. The molecule has 14 heavy (non-hydrogen) atoms. The van der Waals surface area contributed by atoms with Gasteiger partial charge in [0.2, 0.25) is 0 Å². The summed E-state index contributed by atoms with van der Waals surface area (Å²) >= 11 is 0. The Morgan fingerprint density at radius 1 is 1.07 bits per heavy atom. The molecular formula is C9H9F4N. The molecule has 5 heteroatoms. The number of anilines is 1. The molecule has 0 aliphatic rings. The van der Waals surface area contributed by atoms with E-state index in [-0.39, 0.29) is 5.69 Å². The average molecular weight is 207 g/mol. The molecule has 1 aromatic carbocycles. The number of hydrogen-bond acceptors (Lipinski definition) is 1. The highest BCUT2D eigenvalue weighted by Crippen LogP contribution is 2.22. The van der Waals surface area contributed by atoms with Crippen LogP contribution in [0.4, 0.5) is 23.2 Å². The monoisotopic (exact) mass is 207 g/mol. The number of nitrogens with one attached hydrogen (secondary N) is 1. The normalized spacial score (nSPS) is 10.4. The predicted octanol–water partition coefficient (Wildman–Crippen LogP) is 3.06. The standard InChI is InChI=1S/C9H9F4N/c1-2-3-14-6-4-5(10)7(11)9(13)8(6)12/h4,14H,2-3H2,1H3. The minimum Gasteiger partial charge on any atom is -0.383 e. The van der Waals surface area contributed by atoms with Crippen LogP contribution >= 0.6 is 0 Å². The molecule has 0 aliphatic heterocycles. The molecule has 0 atom stereocenters. The van der Waals surface area contributed by atoms with Gasteiger partial charge in [-0.25, -0.2) is 17.6 Å². The Morgan fingerprint density at radius 2 is 1.71 bits per heavy atom. The quantitative estimate of drug-likeness (QED) is 0.456. The third kappa shape index (κ3) is 1.97. The van der Waals surface area contributed by atoms with Crippen LogP contribution in [-0.2, 0) is 0 Å². The van der Waals surface area contributed by atoms with E-state index in [1.807, 2.05) is 0 Å². The molecule has 1 nitrogen and oxygen atoms in total. The minimum absolute atomic E-state index is 0.358. The Balaban J connectivity index is 3.06. The van der Waals surface area contributed by atoms with Gasteiger partial charge in [-0.15, -0.1) is 0 Å². The fraction of sp³-hybridized carbons (Fsp3) is 0.333. The Kier molecular flexibility index (Phi) is 3.33. The first-order valence-electron chi connectivity index (χ1n) is 4.14. The number of rotatable bonds is 3. The van der Waals surface area contributed by atoms with Crippen LogP contribution in [0.25, 0.3) is 0 Å². The summed E-state index contributed by atoms with van der Waals surface area (Å²) in [7, 11) is 0. The summed E-state index contributed by atoms with van der Waals surface area (Å²) in [6.45, 7) is 2.17. The maximum atomic E-state index is 12.9. The van der Waals surface area contributed by atoms with Crippen molar-refractivity contribution < 1.29 is 17.6 Å². The lowest BCUT2D eigenvalue weighted by Gasteiger charge is -2.07. The van der Waals surface area contributed by atoms with Crippen molar-refractivity contribution >= 4 is 5.69 Å². The van der Waals surface area contributed by atoms with Crippen LogP contribution in [0.3, 0.4) is 0 Å². The molecule has 0 unspecified atom stereocenters. The van der Waals surface area contributed by atoms with E-state index in [1.165, 1.54) is 0 Å². The van der Waals surface area contributed by atoms with Gasteiger partial charge >= 0.3 is 0 Å². The lowest BCUT2D eigenvalue weighted by Crippen LogP contribution is -2.06. The van der Waals surface area contributed by atoms with Crippen molar-refractivity contribution in [2.45, 2.75) is 13.3 Å². The molecule has 0 saturated heterocycles. The van der Waals surface area contributed by atoms with Gasteiger partial charge in [-0.05, 0) is 6.42 Å². The second-order valence-corrected chi connectivity index (χ2v) is 2.77. The summed E-state index contributed by atoms with van der Waals surface area (Å²) in [6, 6.07) is 0.601. The second-order valence-electron chi connectivity index (χ2n) is 2.77. The molecule has 0 heterocycles. The topological polar surface area (TPSA) is 12.0 Å². The van der Waals surface area contributed by atoms with Crippen LogP contribution in [0.1, 0.15) is 13.3 Å². The van der Waals surface area contributed by atoms with Crippen molar-refractivity contribution in [3.8, 4) is 0 Å². The summed E-state index contributed by atoms with van der Waals surface area (Å²) < 4.78 is 50.7. The molecule has 0 aromatic heterocycles. The van der Waals surface area contributed by atoms with E-state index in [9.17, 15) is 17.6 Å². The molecular weight excluding hydrogens is 198 g/mol. The third-order valence-electron chi connectivity index (χ3n) is 1.67. The average Bonchev–Trinajstić information content (AvgIpc) is 2.18. The molecule has 0 amide bonds. The fourth-order valence-electron chi connectivity index (χ4n) is 0.961. The highest BCUT2D eigenvalue weighted by molar-refractivity contribution is 5.45. The fourth-order valence-corrected chi connectivity index (χ4v) is 0.961. The van der Waals surface area contributed by atoms with E-state index < -0.39 is 23.3 Å². The van der Waals surface area contributed by atoms with Crippen molar-refractivity contribution in [2.24, 2.45) is 0 Å². The zero-order chi connectivity index (χ0) is 10.7. The predicted molar refractivity (Wildman–Crippen MR) is 45.1 cm³/mol. The van der Waals surface area contributed by atoms with Gasteiger partial charge in [0.1, 0.15) is 0 Å². The van der Waals surface area contributed by atoms with Crippen molar-refractivity contribution in [3.63, 3.8) is 0 Å². The Morgan fingerprint density at radius 3 is 2.29 bits per heavy atom. The van der Waals surface area contributed by atoms with E-state index in [1.54, 1.807) is 6.92 Å². The van der Waals surface area contributed by atoms with Crippen molar-refractivity contribution in [2.75, 3.05) is 11.9 Å². The van der Waals surface area contributed by atoms with Crippen molar-refractivity contribution in [3.05, 3.63) is 29.3 Å². The first kappa shape index (κ1) is 10.8. The van der Waals surface area contributed by atoms with Gasteiger partial charge in [0, 0.05) is 12.6 Å². The van der Waals surface area contributed by atoms with Gasteiger partial charge in [0.15, 0.2) is 23.3 Å². The number of halogens is 4. The first-order valence-corrected chi connectivity index (χ1v) is 4.14. The lowest BCUT2D eigenvalue weighted by molar-refractivity contribution is 0.411. The summed E-state index contributed by atoms with van der Waals surface area (Å²) in [5.74, 6) is -6.37. The van der Waals surface area contributed by atoms with E-state index in [0.717, 1.165) is 0 Å². The molecule has 0 radical (unpaired) electrons. The molecule has 78 valence electrons.